The molecule has 12 atom stereocenters. The molecule has 4 aliphatic carbocycles. The number of carbonyl (C=O) groups excluding carboxylic acids is 2. The van der Waals surface area contributed by atoms with E-state index in [1.165, 1.54) is 13.8 Å². The number of aliphatic carboxylic acids is 1. The number of hydrogen-bond donors (Lipinski definition) is 2. The molecule has 3 unspecified atom stereocenters. The first kappa shape index (κ1) is 28.8. The summed E-state index contributed by atoms with van der Waals surface area (Å²) < 4.78 is 23.6. The zero-order chi connectivity index (χ0) is 28.3. The average molecular weight is 550 g/mol. The molecule has 0 spiro atoms. The Bertz CT molecular complexity index is 988. The van der Waals surface area contributed by atoms with Crippen molar-refractivity contribution < 1.29 is 38.4 Å². The molecule has 0 aromatic carbocycles. The second kappa shape index (κ2) is 10.3. The zero-order valence-electron chi connectivity index (χ0n) is 24.1. The maximum atomic E-state index is 12.2. The molecular weight excluding hydrogens is 502 g/mol. The number of rotatable bonds is 5. The molecule has 1 heterocycles. The monoisotopic (exact) mass is 549 g/mol. The van der Waals surface area contributed by atoms with Gasteiger partial charge in [0.1, 0.15) is 11.6 Å². The summed E-state index contributed by atoms with van der Waals surface area (Å²) >= 11 is 0. The van der Waals surface area contributed by atoms with Gasteiger partial charge in [0.05, 0.1) is 12.2 Å². The van der Waals surface area contributed by atoms with Crippen molar-refractivity contribution in [3.63, 3.8) is 0 Å². The van der Waals surface area contributed by atoms with Crippen molar-refractivity contribution in [1.29, 1.82) is 0 Å². The molecule has 5 aliphatic rings. The van der Waals surface area contributed by atoms with Crippen molar-refractivity contribution in [1.82, 2.24) is 0 Å². The van der Waals surface area contributed by atoms with Crippen LogP contribution >= 0.6 is 0 Å². The second-order valence-corrected chi connectivity index (χ2v) is 13.7. The van der Waals surface area contributed by atoms with Crippen molar-refractivity contribution in [2.45, 2.75) is 135 Å². The third-order valence-corrected chi connectivity index (χ3v) is 11.9. The SMILES string of the molecule is CC(=O)O[C@H]1C[C@H](OC(C)=O)[C@@H](C)O[C@H]1OC1CC[C@@]2(C)C(CC[C@@H]3[C@H]2CC[C@@]2(C)[C@H]3CCC2(N)C(=O)O)C1. The molecule has 1 aliphatic heterocycles. The Kier molecular flexibility index (Phi) is 7.60. The van der Waals surface area contributed by atoms with Crippen LogP contribution in [0.5, 0.6) is 0 Å². The summed E-state index contributed by atoms with van der Waals surface area (Å²) in [6.07, 6.45) is 6.71. The molecule has 4 saturated carbocycles. The third-order valence-electron chi connectivity index (χ3n) is 11.9. The van der Waals surface area contributed by atoms with Crippen LogP contribution in [0.2, 0.25) is 0 Å². The Morgan fingerprint density at radius 3 is 2.21 bits per heavy atom. The van der Waals surface area contributed by atoms with Gasteiger partial charge in [-0.1, -0.05) is 13.8 Å². The van der Waals surface area contributed by atoms with E-state index in [9.17, 15) is 19.5 Å². The summed E-state index contributed by atoms with van der Waals surface area (Å²) in [6.45, 7) is 9.19. The molecule has 5 rings (SSSR count). The summed E-state index contributed by atoms with van der Waals surface area (Å²) in [5.41, 5.74) is 5.33. The lowest BCUT2D eigenvalue weighted by Crippen LogP contribution is -2.62. The smallest absolute Gasteiger partial charge is 0.324 e. The van der Waals surface area contributed by atoms with E-state index in [0.717, 1.165) is 51.4 Å². The van der Waals surface area contributed by atoms with Gasteiger partial charge in [0.2, 0.25) is 0 Å². The van der Waals surface area contributed by atoms with Gasteiger partial charge in [0, 0.05) is 20.3 Å². The molecule has 0 bridgehead atoms. The third kappa shape index (κ3) is 4.80. The van der Waals surface area contributed by atoms with Crippen LogP contribution < -0.4 is 5.73 Å². The summed E-state index contributed by atoms with van der Waals surface area (Å²) in [7, 11) is 0. The Morgan fingerprint density at radius 1 is 0.872 bits per heavy atom. The van der Waals surface area contributed by atoms with E-state index < -0.39 is 36.0 Å². The highest BCUT2D eigenvalue weighted by Crippen LogP contribution is 2.68. The minimum absolute atomic E-state index is 0.00389. The lowest BCUT2D eigenvalue weighted by atomic mass is 9.44. The number of nitrogens with two attached hydrogens (primary N) is 1. The van der Waals surface area contributed by atoms with E-state index in [0.29, 0.717) is 36.5 Å². The average Bonchev–Trinajstić information content (AvgIpc) is 3.13. The molecule has 3 N–H and O–H groups in total. The van der Waals surface area contributed by atoms with Gasteiger partial charge in [-0.3, -0.25) is 14.4 Å². The summed E-state index contributed by atoms with van der Waals surface area (Å²) in [5, 5.41) is 10.0. The highest BCUT2D eigenvalue weighted by atomic mass is 16.7. The predicted molar refractivity (Wildman–Crippen MR) is 141 cm³/mol. The molecule has 220 valence electrons. The highest BCUT2D eigenvalue weighted by Gasteiger charge is 2.66. The highest BCUT2D eigenvalue weighted by molar-refractivity contribution is 5.80. The summed E-state index contributed by atoms with van der Waals surface area (Å²) in [4.78, 5) is 35.6. The number of esters is 2. The van der Waals surface area contributed by atoms with Crippen molar-refractivity contribution in [3.8, 4) is 0 Å². The van der Waals surface area contributed by atoms with Crippen LogP contribution in [0.25, 0.3) is 0 Å². The van der Waals surface area contributed by atoms with Crippen molar-refractivity contribution in [2.75, 3.05) is 0 Å². The quantitative estimate of drug-likeness (QED) is 0.382. The van der Waals surface area contributed by atoms with E-state index >= 15 is 0 Å². The largest absolute Gasteiger partial charge is 0.480 e. The van der Waals surface area contributed by atoms with E-state index in [2.05, 4.69) is 13.8 Å². The number of hydrogen-bond acceptors (Lipinski definition) is 8. The molecular formula is C30H47NO8. The van der Waals surface area contributed by atoms with E-state index in [1.54, 1.807) is 0 Å². The number of fused-ring (bicyclic) bond motifs is 5. The number of carbonyl (C=O) groups is 3. The van der Waals surface area contributed by atoms with Gasteiger partial charge in [0.15, 0.2) is 12.4 Å². The van der Waals surface area contributed by atoms with Gasteiger partial charge >= 0.3 is 17.9 Å². The fourth-order valence-corrected chi connectivity index (χ4v) is 9.67. The summed E-state index contributed by atoms with van der Waals surface area (Å²) in [6, 6.07) is 0. The molecule has 0 aromatic rings. The van der Waals surface area contributed by atoms with Crippen molar-refractivity contribution in [2.24, 2.45) is 40.2 Å². The minimum atomic E-state index is -1.12. The first-order chi connectivity index (χ1) is 18.3. The normalized spacial score (nSPS) is 49.2. The van der Waals surface area contributed by atoms with Gasteiger partial charge in [-0.25, -0.2) is 0 Å². The summed E-state index contributed by atoms with van der Waals surface area (Å²) in [5.74, 6) is 0.358. The second-order valence-electron chi connectivity index (χ2n) is 13.7. The maximum Gasteiger partial charge on any atom is 0.324 e. The molecule has 0 amide bonds. The topological polar surface area (TPSA) is 134 Å². The molecule has 0 aromatic heterocycles. The Hall–Kier alpha value is -1.71. The molecule has 1 saturated heterocycles. The van der Waals surface area contributed by atoms with E-state index in [1.807, 2.05) is 6.92 Å². The first-order valence-corrected chi connectivity index (χ1v) is 15.0. The van der Waals surface area contributed by atoms with Crippen LogP contribution in [0.15, 0.2) is 0 Å². The predicted octanol–water partition coefficient (Wildman–Crippen LogP) is 4.19. The van der Waals surface area contributed by atoms with Crippen LogP contribution in [0.4, 0.5) is 0 Å². The zero-order valence-corrected chi connectivity index (χ0v) is 24.1. The van der Waals surface area contributed by atoms with Crippen LogP contribution in [-0.2, 0) is 33.3 Å². The van der Waals surface area contributed by atoms with Crippen LogP contribution in [0, 0.1) is 34.5 Å². The van der Waals surface area contributed by atoms with Gasteiger partial charge in [-0.05, 0) is 99.2 Å². The lowest BCUT2D eigenvalue weighted by Gasteiger charge is -2.61. The van der Waals surface area contributed by atoms with Crippen LogP contribution in [-0.4, -0.2) is 59.3 Å². The Labute approximate surface area is 231 Å². The number of carboxylic acid groups (broad SMARTS) is 1. The van der Waals surface area contributed by atoms with Gasteiger partial charge in [-0.2, -0.15) is 0 Å². The van der Waals surface area contributed by atoms with Crippen LogP contribution in [0.1, 0.15) is 98.8 Å². The fourth-order valence-electron chi connectivity index (χ4n) is 9.67. The first-order valence-electron chi connectivity index (χ1n) is 15.0. The van der Waals surface area contributed by atoms with Gasteiger partial charge in [-0.15, -0.1) is 0 Å². The molecule has 0 radical (unpaired) electrons. The standard InChI is InChI=1S/C30H47NO8/c1-16-24(37-17(2)32)15-25(38-18(3)33)26(36-16)39-20-8-11-28(4)19(14-20)6-7-21-22(28)9-12-29(5)23(21)10-13-30(29,31)27(34)35/h16,19-26H,6-15,31H2,1-5H3,(H,34,35)/t16-,19?,20?,21-,22-,23+,24+,25+,26+,28+,29+,30?/m1/s1. The van der Waals surface area contributed by atoms with E-state index in [-0.39, 0.29) is 29.0 Å². The lowest BCUT2D eigenvalue weighted by molar-refractivity contribution is -0.288. The minimum Gasteiger partial charge on any atom is -0.480 e. The Morgan fingerprint density at radius 2 is 1.54 bits per heavy atom. The molecule has 9 nitrogen and oxygen atoms in total. The molecule has 9 heteroatoms. The fraction of sp³-hybridized carbons (Fsp3) is 0.900. The maximum absolute atomic E-state index is 12.2. The number of ether oxygens (including phenoxy) is 4. The van der Waals surface area contributed by atoms with Crippen molar-refractivity contribution in [3.05, 3.63) is 0 Å². The van der Waals surface area contributed by atoms with Crippen LogP contribution in [0.3, 0.4) is 0 Å². The van der Waals surface area contributed by atoms with E-state index in [4.69, 9.17) is 24.7 Å². The van der Waals surface area contributed by atoms with Gasteiger partial charge < -0.3 is 29.8 Å². The molecule has 39 heavy (non-hydrogen) atoms. The number of carboxylic acids is 1. The molecule has 5 fully saturated rings. The van der Waals surface area contributed by atoms with Crippen molar-refractivity contribution >= 4 is 17.9 Å². The Balaban J connectivity index is 1.26. The van der Waals surface area contributed by atoms with Gasteiger partial charge in [0.25, 0.3) is 0 Å².